The van der Waals surface area contributed by atoms with E-state index in [1.807, 2.05) is 20.8 Å². The molecule has 0 fully saturated rings. The molecule has 1 radical (unpaired) electrons. The quantitative estimate of drug-likeness (QED) is 0.777. The van der Waals surface area contributed by atoms with Crippen LogP contribution in [0.3, 0.4) is 0 Å². The Kier molecular flexibility index (Phi) is 2.96. The average molecular weight is 233 g/mol. The summed E-state index contributed by atoms with van der Waals surface area (Å²) in [7, 11) is -3.25. The molecule has 0 aliphatic heterocycles. The topological polar surface area (TPSA) is 59.9 Å². The molecule has 6 heteroatoms. The van der Waals surface area contributed by atoms with Gasteiger partial charge in [-0.3, -0.25) is 0 Å². The molecule has 0 aromatic carbocycles. The highest BCUT2D eigenvalue weighted by molar-refractivity contribution is 7.91. The zero-order valence-corrected chi connectivity index (χ0v) is 10.1. The molecule has 0 N–H and O–H groups in total. The molecule has 0 atom stereocenters. The van der Waals surface area contributed by atoms with E-state index in [4.69, 9.17) is 0 Å². The van der Waals surface area contributed by atoms with Crippen LogP contribution in [0.15, 0.2) is 0 Å². The third-order valence-corrected chi connectivity index (χ3v) is 3.70. The zero-order chi connectivity index (χ0) is 11.0. The molecule has 0 aliphatic carbocycles. The minimum absolute atomic E-state index is 0.0825. The summed E-state index contributed by atoms with van der Waals surface area (Å²) in [5.74, 6) is -0.124. The van der Waals surface area contributed by atoms with Gasteiger partial charge in [0.2, 0.25) is 0 Å². The van der Waals surface area contributed by atoms with Gasteiger partial charge in [0, 0.05) is 5.41 Å². The van der Waals surface area contributed by atoms with Crippen LogP contribution in [-0.2, 0) is 21.0 Å². The van der Waals surface area contributed by atoms with Gasteiger partial charge in [0.15, 0.2) is 9.84 Å². The fourth-order valence-corrected chi connectivity index (χ4v) is 2.70. The van der Waals surface area contributed by atoms with Crippen LogP contribution in [0.5, 0.6) is 0 Å². The van der Waals surface area contributed by atoms with Gasteiger partial charge in [-0.1, -0.05) is 32.1 Å². The molecule has 1 heterocycles. The maximum absolute atomic E-state index is 10.9. The Morgan fingerprint density at radius 1 is 1.36 bits per heavy atom. The second-order valence-electron chi connectivity index (χ2n) is 4.14. The Balaban J connectivity index is 2.90. The van der Waals surface area contributed by atoms with Crippen LogP contribution >= 0.6 is 11.3 Å². The van der Waals surface area contributed by atoms with Crippen molar-refractivity contribution in [2.24, 2.45) is 0 Å². The third kappa shape index (κ3) is 3.34. The van der Waals surface area contributed by atoms with Crippen LogP contribution in [0.2, 0.25) is 0 Å². The number of sulfone groups is 1. The van der Waals surface area contributed by atoms with Gasteiger partial charge in [-0.15, -0.1) is 10.2 Å². The summed E-state index contributed by atoms with van der Waals surface area (Å²) in [5.41, 5.74) is -0.0825. The van der Waals surface area contributed by atoms with E-state index in [0.29, 0.717) is 5.01 Å². The van der Waals surface area contributed by atoms with Crippen molar-refractivity contribution in [1.82, 2.24) is 10.2 Å². The summed E-state index contributed by atoms with van der Waals surface area (Å²) in [6.45, 7) is 6.03. The first kappa shape index (κ1) is 11.6. The number of aromatic nitrogens is 2. The second-order valence-corrected chi connectivity index (χ2v) is 6.98. The Morgan fingerprint density at radius 2 is 1.93 bits per heavy atom. The van der Waals surface area contributed by atoms with Crippen molar-refractivity contribution in [2.45, 2.75) is 31.9 Å². The van der Waals surface area contributed by atoms with Crippen molar-refractivity contribution in [3.05, 3.63) is 16.3 Å². The molecular weight excluding hydrogens is 220 g/mol. The second kappa shape index (κ2) is 3.58. The first-order valence-electron chi connectivity index (χ1n) is 4.07. The van der Waals surface area contributed by atoms with Gasteiger partial charge in [0.25, 0.3) is 0 Å². The lowest BCUT2D eigenvalue weighted by molar-refractivity contribution is 0.578. The normalized spacial score (nSPS) is 13.1. The Bertz CT molecular complexity index is 415. The van der Waals surface area contributed by atoms with E-state index in [-0.39, 0.29) is 11.2 Å². The van der Waals surface area contributed by atoms with Crippen molar-refractivity contribution in [3.63, 3.8) is 0 Å². The van der Waals surface area contributed by atoms with Crippen LogP contribution in [-0.4, -0.2) is 18.6 Å². The van der Waals surface area contributed by atoms with E-state index in [9.17, 15) is 8.42 Å². The summed E-state index contributed by atoms with van der Waals surface area (Å²) < 4.78 is 21.8. The fourth-order valence-electron chi connectivity index (χ4n) is 0.803. The van der Waals surface area contributed by atoms with Crippen LogP contribution in [0, 0.1) is 6.26 Å². The zero-order valence-electron chi connectivity index (χ0n) is 8.44. The minimum Gasteiger partial charge on any atom is -0.228 e. The first-order chi connectivity index (χ1) is 6.18. The third-order valence-electron chi connectivity index (χ3n) is 1.45. The molecule has 1 aromatic rings. The SMILES string of the molecule is [CH2]S(=O)(=O)Cc1nnc(C(C)(C)C)s1. The average Bonchev–Trinajstić information content (AvgIpc) is 2.29. The molecule has 1 aromatic heterocycles. The van der Waals surface area contributed by atoms with Gasteiger partial charge in [-0.2, -0.15) is 0 Å². The van der Waals surface area contributed by atoms with E-state index >= 15 is 0 Å². The van der Waals surface area contributed by atoms with Crippen LogP contribution < -0.4 is 0 Å². The molecule has 4 nitrogen and oxygen atoms in total. The number of hydrogen-bond acceptors (Lipinski definition) is 5. The number of rotatable bonds is 2. The highest BCUT2D eigenvalue weighted by Gasteiger charge is 2.20. The predicted molar refractivity (Wildman–Crippen MR) is 56.6 cm³/mol. The summed E-state index contributed by atoms with van der Waals surface area (Å²) in [4.78, 5) is 0. The molecule has 0 bridgehead atoms. The summed E-state index contributed by atoms with van der Waals surface area (Å²) >= 11 is 1.33. The van der Waals surface area contributed by atoms with Gasteiger partial charge in [-0.05, 0) is 0 Å². The van der Waals surface area contributed by atoms with Crippen LogP contribution in [0.25, 0.3) is 0 Å². The fraction of sp³-hybridized carbons (Fsp3) is 0.625. The van der Waals surface area contributed by atoms with Gasteiger partial charge >= 0.3 is 0 Å². The Morgan fingerprint density at radius 3 is 2.29 bits per heavy atom. The molecular formula is C8H13N2O2S2. The molecule has 14 heavy (non-hydrogen) atoms. The minimum atomic E-state index is -3.25. The van der Waals surface area contributed by atoms with Crippen LogP contribution in [0.1, 0.15) is 30.8 Å². The summed E-state index contributed by atoms with van der Waals surface area (Å²) in [6, 6.07) is 0. The monoisotopic (exact) mass is 233 g/mol. The summed E-state index contributed by atoms with van der Waals surface area (Å²) in [6.07, 6.45) is 3.05. The van der Waals surface area contributed by atoms with Crippen molar-refractivity contribution < 1.29 is 8.42 Å². The highest BCUT2D eigenvalue weighted by Crippen LogP contribution is 2.25. The van der Waals surface area contributed by atoms with E-state index in [2.05, 4.69) is 16.5 Å². The highest BCUT2D eigenvalue weighted by atomic mass is 32.2. The molecule has 0 aliphatic rings. The van der Waals surface area contributed by atoms with Crippen LogP contribution in [0.4, 0.5) is 0 Å². The molecule has 0 saturated heterocycles. The van der Waals surface area contributed by atoms with E-state index in [1.165, 1.54) is 11.3 Å². The Labute approximate surface area is 88.3 Å². The van der Waals surface area contributed by atoms with Crippen molar-refractivity contribution in [1.29, 1.82) is 0 Å². The van der Waals surface area contributed by atoms with Crippen molar-refractivity contribution >= 4 is 21.2 Å². The lowest BCUT2D eigenvalue weighted by Crippen LogP contribution is -2.10. The Hall–Kier alpha value is -0.490. The standard InChI is InChI=1S/C8H13N2O2S2/c1-8(2,3)7-10-9-6(13-7)5-14(4,11)12/h4-5H2,1-3H3. The number of nitrogens with zero attached hydrogens (tertiary/aromatic N) is 2. The molecule has 0 spiro atoms. The van der Waals surface area contributed by atoms with E-state index in [0.717, 1.165) is 5.01 Å². The van der Waals surface area contributed by atoms with Gasteiger partial charge in [0.1, 0.15) is 15.8 Å². The van der Waals surface area contributed by atoms with E-state index < -0.39 is 9.84 Å². The maximum atomic E-state index is 10.9. The molecule has 1 rings (SSSR count). The maximum Gasteiger partial charge on any atom is 0.157 e. The lowest BCUT2D eigenvalue weighted by atomic mass is 9.98. The van der Waals surface area contributed by atoms with Gasteiger partial charge < -0.3 is 0 Å². The van der Waals surface area contributed by atoms with Gasteiger partial charge in [-0.25, -0.2) is 8.42 Å². The molecule has 0 amide bonds. The van der Waals surface area contributed by atoms with E-state index in [1.54, 1.807) is 0 Å². The largest absolute Gasteiger partial charge is 0.228 e. The summed E-state index contributed by atoms with van der Waals surface area (Å²) in [5, 5.41) is 9.11. The van der Waals surface area contributed by atoms with Gasteiger partial charge in [0.05, 0.1) is 6.26 Å². The molecule has 79 valence electrons. The predicted octanol–water partition coefficient (Wildman–Crippen LogP) is 1.54. The van der Waals surface area contributed by atoms with Crippen molar-refractivity contribution in [3.8, 4) is 0 Å². The number of hydrogen-bond donors (Lipinski definition) is 0. The molecule has 0 saturated carbocycles. The smallest absolute Gasteiger partial charge is 0.157 e. The molecule has 0 unspecified atom stereocenters. The lowest BCUT2D eigenvalue weighted by Gasteiger charge is -2.12. The first-order valence-corrected chi connectivity index (χ1v) is 6.71. The van der Waals surface area contributed by atoms with Crippen molar-refractivity contribution in [2.75, 3.05) is 0 Å².